The normalized spacial score (nSPS) is 20.6. The molecule has 13 heteroatoms. The molecule has 6 aromatic rings. The lowest BCUT2D eigenvalue weighted by Gasteiger charge is -2.37. The molecule has 288 valence electrons. The SMILES string of the molecule is COc1ccc([Si](C)(C)[C@H]2[C@H](CCn3cc(CCO)nn3)O[C@@]3(C(=O)N(Cc4ccc(-n5ncc6ccccc6c5=O)cc4)c4ccc(OC)cc43)[C@@H]2C)cc1. The molecular formula is C43H46N6O6Si. The fourth-order valence-corrected chi connectivity index (χ4v) is 13.0. The van der Waals surface area contributed by atoms with Crippen LogP contribution in [-0.2, 0) is 34.6 Å². The van der Waals surface area contributed by atoms with Gasteiger partial charge >= 0.3 is 0 Å². The van der Waals surface area contributed by atoms with Gasteiger partial charge in [0.2, 0.25) is 0 Å². The van der Waals surface area contributed by atoms with Crippen LogP contribution in [0.4, 0.5) is 5.69 Å². The van der Waals surface area contributed by atoms with Gasteiger partial charge in [-0.3, -0.25) is 14.3 Å². The van der Waals surface area contributed by atoms with Gasteiger partial charge in [-0.15, -0.1) is 5.10 Å². The Hall–Kier alpha value is -5.63. The molecule has 56 heavy (non-hydrogen) atoms. The summed E-state index contributed by atoms with van der Waals surface area (Å²) in [5, 5.41) is 25.1. The van der Waals surface area contributed by atoms with E-state index in [4.69, 9.17) is 14.2 Å². The number of rotatable bonds is 12. The predicted octanol–water partition coefficient (Wildman–Crippen LogP) is 5.38. The number of methoxy groups -OCH3 is 2. The smallest absolute Gasteiger partial charge is 0.279 e. The molecule has 4 heterocycles. The van der Waals surface area contributed by atoms with Crippen molar-refractivity contribution in [2.24, 2.45) is 5.92 Å². The van der Waals surface area contributed by atoms with Gasteiger partial charge in [0.25, 0.3) is 11.5 Å². The highest BCUT2D eigenvalue weighted by Gasteiger charge is 2.66. The number of aliphatic hydroxyl groups is 1. The molecule has 0 saturated carbocycles. The zero-order valence-electron chi connectivity index (χ0n) is 32.3. The van der Waals surface area contributed by atoms with Gasteiger partial charge in [0.1, 0.15) is 11.5 Å². The molecular weight excluding hydrogens is 725 g/mol. The maximum absolute atomic E-state index is 15.3. The molecule has 1 fully saturated rings. The first-order valence-corrected chi connectivity index (χ1v) is 22.1. The van der Waals surface area contributed by atoms with E-state index in [2.05, 4.69) is 47.6 Å². The van der Waals surface area contributed by atoms with Crippen molar-refractivity contribution in [3.8, 4) is 17.2 Å². The quantitative estimate of drug-likeness (QED) is 0.163. The summed E-state index contributed by atoms with van der Waals surface area (Å²) in [6.45, 7) is 7.74. The van der Waals surface area contributed by atoms with Crippen LogP contribution in [0.2, 0.25) is 18.6 Å². The van der Waals surface area contributed by atoms with Crippen LogP contribution in [0.25, 0.3) is 16.5 Å². The molecule has 0 unspecified atom stereocenters. The number of carbonyl (C=O) groups excluding carboxylic acids is 1. The predicted molar refractivity (Wildman–Crippen MR) is 217 cm³/mol. The zero-order chi connectivity index (χ0) is 39.2. The average Bonchev–Trinajstić information content (AvgIpc) is 3.87. The van der Waals surface area contributed by atoms with Crippen molar-refractivity contribution in [3.05, 3.63) is 131 Å². The molecule has 2 aromatic heterocycles. The summed E-state index contributed by atoms with van der Waals surface area (Å²) in [4.78, 5) is 30.4. The molecule has 1 spiro atoms. The van der Waals surface area contributed by atoms with Gasteiger partial charge in [-0.1, -0.05) is 72.9 Å². The van der Waals surface area contributed by atoms with Crippen LogP contribution in [0.5, 0.6) is 11.5 Å². The summed E-state index contributed by atoms with van der Waals surface area (Å²) in [5.41, 5.74) is 2.43. The van der Waals surface area contributed by atoms with Crippen molar-refractivity contribution in [2.75, 3.05) is 25.7 Å². The highest BCUT2D eigenvalue weighted by molar-refractivity contribution is 6.91. The largest absolute Gasteiger partial charge is 0.497 e. The van der Waals surface area contributed by atoms with Crippen LogP contribution < -0.4 is 25.1 Å². The Morgan fingerprint density at radius 2 is 1.66 bits per heavy atom. The standard InChI is InChI=1S/C43H46N6O6Si/c1-28-40(56(4,5)35-17-14-33(53-2)15-18-35)39(20-22-47-27-31(21-23-50)45-46-47)55-43(28)37-24-34(54-3)16-19-38(37)48(42(43)52)26-29-10-12-32(13-11-29)49-41(51)36-9-7-6-8-30(36)25-44-49/h6-19,24-25,27-28,39-40,50H,20-23,26H2,1-5H3/t28-,39+,40-,43+/m1/s1. The fourth-order valence-electron chi connectivity index (χ4n) is 8.98. The first-order valence-electron chi connectivity index (χ1n) is 19.0. The van der Waals surface area contributed by atoms with Crippen molar-refractivity contribution in [1.82, 2.24) is 24.8 Å². The molecule has 12 nitrogen and oxygen atoms in total. The van der Waals surface area contributed by atoms with Crippen molar-refractivity contribution < 1.29 is 24.1 Å². The highest BCUT2D eigenvalue weighted by Crippen LogP contribution is 2.60. The molecule has 1 saturated heterocycles. The minimum absolute atomic E-state index is 0.00150. The number of carbonyl (C=O) groups is 1. The van der Waals surface area contributed by atoms with Gasteiger partial charge in [-0.05, 0) is 66.1 Å². The van der Waals surface area contributed by atoms with E-state index in [1.54, 1.807) is 31.2 Å². The van der Waals surface area contributed by atoms with E-state index in [0.717, 1.165) is 33.6 Å². The van der Waals surface area contributed by atoms with Gasteiger partial charge in [0.15, 0.2) is 5.60 Å². The minimum Gasteiger partial charge on any atom is -0.497 e. The number of anilines is 1. The summed E-state index contributed by atoms with van der Waals surface area (Å²) in [6.07, 6.45) is 4.33. The van der Waals surface area contributed by atoms with Crippen molar-refractivity contribution in [1.29, 1.82) is 0 Å². The Balaban J connectivity index is 1.15. The van der Waals surface area contributed by atoms with Gasteiger partial charge in [0, 0.05) is 42.6 Å². The Labute approximate surface area is 326 Å². The average molecular weight is 771 g/mol. The second-order valence-corrected chi connectivity index (χ2v) is 20.0. The number of ether oxygens (including phenoxy) is 3. The Kier molecular flexibility index (Phi) is 9.85. The number of aliphatic hydroxyl groups excluding tert-OH is 1. The second kappa shape index (κ2) is 14.8. The van der Waals surface area contributed by atoms with Gasteiger partial charge in [-0.2, -0.15) is 9.78 Å². The van der Waals surface area contributed by atoms with Crippen LogP contribution in [0.15, 0.2) is 108 Å². The van der Waals surface area contributed by atoms with E-state index in [0.29, 0.717) is 42.8 Å². The van der Waals surface area contributed by atoms with Crippen molar-refractivity contribution in [3.63, 3.8) is 0 Å². The number of hydrogen-bond donors (Lipinski definition) is 1. The molecule has 8 rings (SSSR count). The molecule has 4 atom stereocenters. The summed E-state index contributed by atoms with van der Waals surface area (Å²) in [6, 6.07) is 29.1. The van der Waals surface area contributed by atoms with E-state index in [-0.39, 0.29) is 35.6 Å². The van der Waals surface area contributed by atoms with E-state index >= 15 is 4.79 Å². The molecule has 2 aliphatic heterocycles. The number of hydrogen-bond acceptors (Lipinski definition) is 9. The first-order chi connectivity index (χ1) is 27.1. The lowest BCUT2D eigenvalue weighted by Crippen LogP contribution is -2.51. The van der Waals surface area contributed by atoms with Gasteiger partial charge < -0.3 is 24.2 Å². The summed E-state index contributed by atoms with van der Waals surface area (Å²) in [5.74, 6) is 1.14. The van der Waals surface area contributed by atoms with E-state index < -0.39 is 13.7 Å². The minimum atomic E-state index is -2.37. The summed E-state index contributed by atoms with van der Waals surface area (Å²) in [7, 11) is 0.929. The van der Waals surface area contributed by atoms with Crippen LogP contribution in [0.3, 0.4) is 0 Å². The van der Waals surface area contributed by atoms with Crippen LogP contribution in [0.1, 0.15) is 30.2 Å². The third-order valence-corrected chi connectivity index (χ3v) is 16.2. The molecule has 0 bridgehead atoms. The lowest BCUT2D eigenvalue weighted by molar-refractivity contribution is -0.146. The third kappa shape index (κ3) is 6.29. The van der Waals surface area contributed by atoms with Gasteiger partial charge in [0.05, 0.1) is 63.6 Å². The maximum Gasteiger partial charge on any atom is 0.279 e. The van der Waals surface area contributed by atoms with Crippen LogP contribution >= 0.6 is 0 Å². The van der Waals surface area contributed by atoms with Crippen molar-refractivity contribution >= 4 is 35.6 Å². The molecule has 4 aromatic carbocycles. The molecule has 1 amide bonds. The highest BCUT2D eigenvalue weighted by atomic mass is 28.3. The Bertz CT molecular complexity index is 2450. The molecule has 1 N–H and O–H groups in total. The number of aromatic nitrogens is 5. The zero-order valence-corrected chi connectivity index (χ0v) is 33.3. The molecule has 0 aliphatic carbocycles. The number of fused-ring (bicyclic) bond motifs is 3. The molecule has 2 aliphatic rings. The van der Waals surface area contributed by atoms with E-state index in [9.17, 15) is 9.90 Å². The summed E-state index contributed by atoms with van der Waals surface area (Å²) >= 11 is 0. The van der Waals surface area contributed by atoms with Gasteiger partial charge in [-0.25, -0.2) is 0 Å². The summed E-state index contributed by atoms with van der Waals surface area (Å²) < 4.78 is 21.7. The number of nitrogens with zero attached hydrogens (tertiary/aromatic N) is 6. The van der Waals surface area contributed by atoms with Crippen molar-refractivity contribution in [2.45, 2.75) is 63.2 Å². The van der Waals surface area contributed by atoms with Crippen LogP contribution in [-0.4, -0.2) is 70.8 Å². The fraction of sp³-hybridized carbons (Fsp3) is 0.326. The van der Waals surface area contributed by atoms with E-state index in [1.807, 2.05) is 83.9 Å². The Morgan fingerprint density at radius 3 is 2.39 bits per heavy atom. The van der Waals surface area contributed by atoms with Crippen LogP contribution in [0, 0.1) is 5.92 Å². The monoisotopic (exact) mass is 770 g/mol. The maximum atomic E-state index is 15.3. The topological polar surface area (TPSA) is 134 Å². The number of benzene rings is 4. The number of aryl methyl sites for hydroxylation is 1. The lowest BCUT2D eigenvalue weighted by atomic mass is 9.82. The third-order valence-electron chi connectivity index (χ3n) is 11.9. The second-order valence-electron chi connectivity index (χ2n) is 15.3. The first kappa shape index (κ1) is 37.3. The number of amides is 1. The Morgan fingerprint density at radius 1 is 0.929 bits per heavy atom. The molecule has 0 radical (unpaired) electrons. The van der Waals surface area contributed by atoms with E-state index in [1.165, 1.54) is 9.87 Å².